The molecule has 0 heterocycles. The minimum Gasteiger partial charge on any atom is -0.0622 e. The van der Waals surface area contributed by atoms with Crippen LogP contribution in [0.2, 0.25) is 0 Å². The predicted octanol–water partition coefficient (Wildman–Crippen LogP) is 5.15. The fraction of sp³-hybridized carbons (Fsp3) is 0.263. The molecule has 3 rings (SSSR count). The van der Waals surface area contributed by atoms with Gasteiger partial charge < -0.3 is 0 Å². The predicted molar refractivity (Wildman–Crippen MR) is 83.1 cm³/mol. The third-order valence-corrected chi connectivity index (χ3v) is 4.14. The second kappa shape index (κ2) is 5.05. The van der Waals surface area contributed by atoms with Gasteiger partial charge in [0.05, 0.1) is 0 Å². The van der Waals surface area contributed by atoms with Crippen molar-refractivity contribution in [2.24, 2.45) is 5.92 Å². The number of fused-ring (bicyclic) bond motifs is 2. The molecule has 2 aromatic carbocycles. The Bertz CT molecular complexity index is 605. The molecule has 0 aromatic heterocycles. The summed E-state index contributed by atoms with van der Waals surface area (Å²) in [6, 6.07) is 17.6. The maximum absolute atomic E-state index is 2.33. The molecule has 0 radical (unpaired) electrons. The van der Waals surface area contributed by atoms with E-state index in [1.165, 1.54) is 22.3 Å². The molecule has 0 amide bonds. The zero-order chi connectivity index (χ0) is 13.2. The van der Waals surface area contributed by atoms with Gasteiger partial charge in [0.2, 0.25) is 0 Å². The van der Waals surface area contributed by atoms with Crippen LogP contribution in [0, 0.1) is 5.92 Å². The lowest BCUT2D eigenvalue weighted by Gasteiger charge is -2.25. The van der Waals surface area contributed by atoms with Crippen molar-refractivity contribution >= 4 is 12.2 Å². The van der Waals surface area contributed by atoms with Crippen LogP contribution in [0.3, 0.4) is 0 Å². The first kappa shape index (κ1) is 12.2. The van der Waals surface area contributed by atoms with Gasteiger partial charge >= 0.3 is 0 Å². The van der Waals surface area contributed by atoms with Crippen molar-refractivity contribution in [1.82, 2.24) is 0 Å². The Morgan fingerprint density at radius 2 is 1.47 bits per heavy atom. The van der Waals surface area contributed by atoms with E-state index in [0.29, 0.717) is 11.8 Å². The highest BCUT2D eigenvalue weighted by molar-refractivity contribution is 5.74. The molecule has 0 N–H and O–H groups in total. The quantitative estimate of drug-likeness (QED) is 0.654. The number of benzene rings is 2. The highest BCUT2D eigenvalue weighted by Gasteiger charge is 2.20. The summed E-state index contributed by atoms with van der Waals surface area (Å²) in [5, 5.41) is 0. The van der Waals surface area contributed by atoms with Gasteiger partial charge in [0.1, 0.15) is 0 Å². The lowest BCUT2D eigenvalue weighted by atomic mass is 9.79. The van der Waals surface area contributed by atoms with E-state index in [1.54, 1.807) is 0 Å². The summed E-state index contributed by atoms with van der Waals surface area (Å²) in [5.74, 6) is 1.25. The van der Waals surface area contributed by atoms with Crippen molar-refractivity contribution in [2.45, 2.75) is 26.2 Å². The molecule has 0 heteroatoms. The number of hydrogen-bond acceptors (Lipinski definition) is 0. The third-order valence-electron chi connectivity index (χ3n) is 4.14. The van der Waals surface area contributed by atoms with Crippen LogP contribution in [-0.2, 0) is 6.42 Å². The van der Waals surface area contributed by atoms with Gasteiger partial charge in [-0.2, -0.15) is 0 Å². The molecule has 0 bridgehead atoms. The summed E-state index contributed by atoms with van der Waals surface area (Å²) in [4.78, 5) is 0. The molecular weight excluding hydrogens is 228 g/mol. The molecule has 0 fully saturated rings. The van der Waals surface area contributed by atoms with Crippen molar-refractivity contribution in [1.29, 1.82) is 0 Å². The van der Waals surface area contributed by atoms with Crippen LogP contribution in [-0.4, -0.2) is 0 Å². The van der Waals surface area contributed by atoms with Crippen LogP contribution in [0.1, 0.15) is 42.0 Å². The minimum atomic E-state index is 0.599. The molecule has 1 aliphatic rings. The van der Waals surface area contributed by atoms with Gasteiger partial charge in [-0.05, 0) is 40.5 Å². The molecular formula is C19H20. The number of hydrogen-bond donors (Lipinski definition) is 0. The van der Waals surface area contributed by atoms with Crippen molar-refractivity contribution < 1.29 is 0 Å². The molecule has 0 aliphatic heterocycles. The molecule has 1 unspecified atom stereocenters. The van der Waals surface area contributed by atoms with E-state index in [4.69, 9.17) is 0 Å². The van der Waals surface area contributed by atoms with Gasteiger partial charge in [-0.1, -0.05) is 74.5 Å². The Morgan fingerprint density at radius 3 is 2.26 bits per heavy atom. The maximum Gasteiger partial charge on any atom is -0.00923 e. The van der Waals surface area contributed by atoms with Gasteiger partial charge in [-0.25, -0.2) is 0 Å². The Hall–Kier alpha value is -1.82. The molecule has 0 nitrogen and oxygen atoms in total. The molecule has 0 saturated carbocycles. The topological polar surface area (TPSA) is 0 Å². The Balaban J connectivity index is 2.17. The van der Waals surface area contributed by atoms with Gasteiger partial charge in [0.15, 0.2) is 0 Å². The zero-order valence-electron chi connectivity index (χ0n) is 11.6. The van der Waals surface area contributed by atoms with E-state index in [-0.39, 0.29) is 0 Å². The zero-order valence-corrected chi connectivity index (χ0v) is 11.6. The highest BCUT2D eigenvalue weighted by atomic mass is 14.2. The van der Waals surface area contributed by atoms with Crippen molar-refractivity contribution in [3.63, 3.8) is 0 Å². The molecule has 19 heavy (non-hydrogen) atoms. The second-order valence-electron chi connectivity index (χ2n) is 5.72. The van der Waals surface area contributed by atoms with Crippen LogP contribution in [0.25, 0.3) is 12.2 Å². The summed E-state index contributed by atoms with van der Waals surface area (Å²) in [6.45, 7) is 4.66. The summed E-state index contributed by atoms with van der Waals surface area (Å²) in [6.07, 6.45) is 5.66. The van der Waals surface area contributed by atoms with E-state index in [9.17, 15) is 0 Å². The normalized spacial score (nSPS) is 19.2. The Labute approximate surface area is 115 Å². The first-order valence-corrected chi connectivity index (χ1v) is 7.10. The fourth-order valence-electron chi connectivity index (χ4n) is 3.00. The third kappa shape index (κ3) is 2.35. The summed E-state index contributed by atoms with van der Waals surface area (Å²) in [5.41, 5.74) is 5.69. The van der Waals surface area contributed by atoms with E-state index in [1.807, 2.05) is 0 Å². The van der Waals surface area contributed by atoms with Crippen LogP contribution < -0.4 is 0 Å². The van der Waals surface area contributed by atoms with E-state index >= 15 is 0 Å². The molecule has 0 spiro atoms. The van der Waals surface area contributed by atoms with Gasteiger partial charge in [0.25, 0.3) is 0 Å². The summed E-state index contributed by atoms with van der Waals surface area (Å²) < 4.78 is 0. The van der Waals surface area contributed by atoms with Crippen LogP contribution in [0.4, 0.5) is 0 Å². The average Bonchev–Trinajstić information content (AvgIpc) is 2.41. The average molecular weight is 248 g/mol. The maximum atomic E-state index is 2.33. The minimum absolute atomic E-state index is 0.599. The van der Waals surface area contributed by atoms with E-state index in [0.717, 1.165) is 6.42 Å². The first-order chi connectivity index (χ1) is 9.25. The lowest BCUT2D eigenvalue weighted by molar-refractivity contribution is 0.494. The molecule has 96 valence electrons. The van der Waals surface area contributed by atoms with Gasteiger partial charge in [-0.15, -0.1) is 0 Å². The van der Waals surface area contributed by atoms with Gasteiger partial charge in [0, 0.05) is 0 Å². The summed E-state index contributed by atoms with van der Waals surface area (Å²) in [7, 11) is 0. The van der Waals surface area contributed by atoms with Crippen LogP contribution >= 0.6 is 0 Å². The Kier molecular flexibility index (Phi) is 3.25. The second-order valence-corrected chi connectivity index (χ2v) is 5.72. The molecule has 1 atom stereocenters. The number of rotatable bonds is 1. The first-order valence-electron chi connectivity index (χ1n) is 7.10. The highest BCUT2D eigenvalue weighted by Crippen LogP contribution is 2.34. The smallest absolute Gasteiger partial charge is 0.00923 e. The van der Waals surface area contributed by atoms with E-state index in [2.05, 4.69) is 74.5 Å². The van der Waals surface area contributed by atoms with Crippen molar-refractivity contribution in [2.75, 3.05) is 0 Å². The SMILES string of the molecule is CC(C)C1Cc2ccccc2/C=C\c2ccccc21. The van der Waals surface area contributed by atoms with Crippen molar-refractivity contribution in [3.05, 3.63) is 70.8 Å². The van der Waals surface area contributed by atoms with Gasteiger partial charge in [-0.3, -0.25) is 0 Å². The van der Waals surface area contributed by atoms with E-state index < -0.39 is 0 Å². The fourth-order valence-corrected chi connectivity index (χ4v) is 3.00. The Morgan fingerprint density at radius 1 is 0.842 bits per heavy atom. The van der Waals surface area contributed by atoms with Crippen LogP contribution in [0.15, 0.2) is 48.5 Å². The molecule has 2 aromatic rings. The summed E-state index contributed by atoms with van der Waals surface area (Å²) >= 11 is 0. The molecule has 1 aliphatic carbocycles. The largest absolute Gasteiger partial charge is 0.0622 e. The molecule has 0 saturated heterocycles. The lowest BCUT2D eigenvalue weighted by Crippen LogP contribution is -2.13. The standard InChI is InChI=1S/C19H20/c1-14(2)19-13-17-9-4-3-7-15(17)11-12-16-8-5-6-10-18(16)19/h3-12,14,19H,13H2,1-2H3/b12-11-. The van der Waals surface area contributed by atoms with Crippen molar-refractivity contribution in [3.8, 4) is 0 Å². The monoisotopic (exact) mass is 248 g/mol. The van der Waals surface area contributed by atoms with Crippen LogP contribution in [0.5, 0.6) is 0 Å².